The van der Waals surface area contributed by atoms with Gasteiger partial charge in [0.15, 0.2) is 9.84 Å². The van der Waals surface area contributed by atoms with Gasteiger partial charge >= 0.3 is 0 Å². The number of carbonyl (C=O) groups is 1. The standard InChI is InChI=1S/C24H32ClN5O3S2/c1-14(2)35(32,33)19-13-34-21(20(19)25)23(31)26-15-9-11-16(12-10-15)27-24-28-18-8-6-5-7-17(18)22(29-24)30(3)4/h5-8,14-16,19H,9-13H2,1-4H3,(H,26,31)(H,27,28,29)/t15-,16+,19?. The first-order chi connectivity index (χ1) is 16.6. The Balaban J connectivity index is 1.36. The monoisotopic (exact) mass is 537 g/mol. The Hall–Kier alpha value is -2.04. The van der Waals surface area contributed by atoms with E-state index in [-0.39, 0.29) is 23.0 Å². The zero-order valence-electron chi connectivity index (χ0n) is 20.4. The number of fused-ring (bicyclic) bond motifs is 1. The van der Waals surface area contributed by atoms with Gasteiger partial charge in [-0.2, -0.15) is 4.98 Å². The summed E-state index contributed by atoms with van der Waals surface area (Å²) in [7, 11) is 0.540. The van der Waals surface area contributed by atoms with Gasteiger partial charge in [-0.3, -0.25) is 4.79 Å². The van der Waals surface area contributed by atoms with Crippen LogP contribution < -0.4 is 15.5 Å². The maximum atomic E-state index is 12.9. The van der Waals surface area contributed by atoms with Crippen LogP contribution in [-0.2, 0) is 14.6 Å². The van der Waals surface area contributed by atoms with Crippen LogP contribution in [0.1, 0.15) is 39.5 Å². The molecule has 2 aliphatic rings. The fourth-order valence-corrected chi connectivity index (χ4v) is 8.32. The van der Waals surface area contributed by atoms with Gasteiger partial charge in [-0.1, -0.05) is 23.7 Å². The predicted octanol–water partition coefficient (Wildman–Crippen LogP) is 3.92. The predicted molar refractivity (Wildman–Crippen MR) is 145 cm³/mol. The number of aromatic nitrogens is 2. The van der Waals surface area contributed by atoms with E-state index >= 15 is 0 Å². The maximum Gasteiger partial charge on any atom is 0.259 e. The summed E-state index contributed by atoms with van der Waals surface area (Å²) < 4.78 is 25.1. The van der Waals surface area contributed by atoms with E-state index < -0.39 is 20.3 Å². The largest absolute Gasteiger partial charge is 0.362 e. The van der Waals surface area contributed by atoms with Gasteiger partial charge in [0.1, 0.15) is 11.1 Å². The van der Waals surface area contributed by atoms with Gasteiger partial charge in [0.25, 0.3) is 5.91 Å². The molecule has 190 valence electrons. The van der Waals surface area contributed by atoms with Crippen molar-refractivity contribution in [3.63, 3.8) is 0 Å². The summed E-state index contributed by atoms with van der Waals surface area (Å²) in [4.78, 5) is 24.6. The Kier molecular flexibility index (Phi) is 7.83. The second-order valence-electron chi connectivity index (χ2n) is 9.56. The average Bonchev–Trinajstić information content (AvgIpc) is 3.21. The Morgan fingerprint density at radius 2 is 1.77 bits per heavy atom. The molecule has 1 fully saturated rings. The molecule has 35 heavy (non-hydrogen) atoms. The molecular weight excluding hydrogens is 506 g/mol. The average molecular weight is 538 g/mol. The molecule has 11 heteroatoms. The molecule has 2 N–H and O–H groups in total. The van der Waals surface area contributed by atoms with Crippen LogP contribution in [0.2, 0.25) is 0 Å². The topological polar surface area (TPSA) is 104 Å². The zero-order valence-corrected chi connectivity index (χ0v) is 22.8. The molecule has 1 aromatic heterocycles. The lowest BCUT2D eigenvalue weighted by Gasteiger charge is -2.30. The fraction of sp³-hybridized carbons (Fsp3) is 0.542. The van der Waals surface area contributed by atoms with Gasteiger partial charge in [-0.25, -0.2) is 13.4 Å². The molecule has 0 spiro atoms. The van der Waals surface area contributed by atoms with E-state index in [0.29, 0.717) is 16.6 Å². The summed E-state index contributed by atoms with van der Waals surface area (Å²) in [5.41, 5.74) is 0.895. The van der Waals surface area contributed by atoms with Gasteiger partial charge in [-0.15, -0.1) is 11.8 Å². The normalized spacial score (nSPS) is 23.1. The minimum Gasteiger partial charge on any atom is -0.362 e. The number of carbonyl (C=O) groups excluding carboxylic acids is 1. The Labute approximate surface area is 216 Å². The van der Waals surface area contributed by atoms with E-state index in [2.05, 4.69) is 15.6 Å². The quantitative estimate of drug-likeness (QED) is 0.547. The van der Waals surface area contributed by atoms with Gasteiger partial charge < -0.3 is 15.5 Å². The highest BCUT2D eigenvalue weighted by Gasteiger charge is 2.39. The van der Waals surface area contributed by atoms with Crippen molar-refractivity contribution in [3.05, 3.63) is 34.2 Å². The van der Waals surface area contributed by atoms with Crippen molar-refractivity contribution in [2.75, 3.05) is 30.1 Å². The van der Waals surface area contributed by atoms with Crippen molar-refractivity contribution in [2.24, 2.45) is 0 Å². The summed E-state index contributed by atoms with van der Waals surface area (Å²) in [5, 5.41) is 6.36. The molecule has 1 aromatic carbocycles. The third kappa shape index (κ3) is 5.54. The second kappa shape index (κ2) is 10.5. The fourth-order valence-electron chi connectivity index (χ4n) is 4.47. The number of amides is 1. The lowest BCUT2D eigenvalue weighted by molar-refractivity contribution is -0.117. The lowest BCUT2D eigenvalue weighted by atomic mass is 9.91. The van der Waals surface area contributed by atoms with E-state index in [1.807, 2.05) is 43.3 Å². The van der Waals surface area contributed by atoms with E-state index in [1.54, 1.807) is 13.8 Å². The first-order valence-electron chi connectivity index (χ1n) is 11.8. The Morgan fingerprint density at radius 1 is 1.11 bits per heavy atom. The van der Waals surface area contributed by atoms with Crippen LogP contribution in [0, 0.1) is 0 Å². The van der Waals surface area contributed by atoms with Crippen molar-refractivity contribution in [1.82, 2.24) is 15.3 Å². The summed E-state index contributed by atoms with van der Waals surface area (Å²) in [6.45, 7) is 3.28. The van der Waals surface area contributed by atoms with Crippen molar-refractivity contribution in [3.8, 4) is 0 Å². The highest BCUT2D eigenvalue weighted by Crippen LogP contribution is 2.39. The number of anilines is 2. The van der Waals surface area contributed by atoms with E-state index in [4.69, 9.17) is 16.6 Å². The molecular formula is C24H32ClN5O3S2. The molecule has 0 saturated heterocycles. The number of halogens is 1. The molecule has 1 aliphatic carbocycles. The van der Waals surface area contributed by atoms with Crippen molar-refractivity contribution in [1.29, 1.82) is 0 Å². The van der Waals surface area contributed by atoms with Crippen LogP contribution in [-0.4, -0.2) is 66.7 Å². The smallest absolute Gasteiger partial charge is 0.259 e. The first-order valence-corrected chi connectivity index (χ1v) is 14.8. The SMILES string of the molecule is CC(C)S(=O)(=O)C1CSC(C(=O)N[C@H]2CC[C@@H](Nc3nc(N(C)C)c4ccccc4n3)CC2)=C1Cl. The minimum absolute atomic E-state index is 0.0220. The third-order valence-electron chi connectivity index (χ3n) is 6.54. The van der Waals surface area contributed by atoms with Crippen LogP contribution in [0.4, 0.5) is 11.8 Å². The van der Waals surface area contributed by atoms with Crippen molar-refractivity contribution < 1.29 is 13.2 Å². The van der Waals surface area contributed by atoms with Gasteiger partial charge in [0.05, 0.1) is 20.7 Å². The molecule has 1 aliphatic heterocycles. The van der Waals surface area contributed by atoms with E-state index in [9.17, 15) is 13.2 Å². The number of para-hydroxylation sites is 1. The van der Waals surface area contributed by atoms with Gasteiger partial charge in [-0.05, 0) is 51.7 Å². The highest BCUT2D eigenvalue weighted by molar-refractivity contribution is 8.05. The second-order valence-corrected chi connectivity index (χ2v) is 13.7. The molecule has 0 radical (unpaired) electrons. The molecule has 1 saturated carbocycles. The third-order valence-corrected chi connectivity index (χ3v) is 11.1. The number of benzene rings is 1. The Bertz CT molecular complexity index is 1240. The molecule has 1 amide bonds. The molecule has 0 bridgehead atoms. The van der Waals surface area contributed by atoms with Crippen LogP contribution in [0.15, 0.2) is 34.2 Å². The van der Waals surface area contributed by atoms with Crippen LogP contribution in [0.5, 0.6) is 0 Å². The summed E-state index contributed by atoms with van der Waals surface area (Å²) in [6, 6.07) is 8.19. The highest BCUT2D eigenvalue weighted by atomic mass is 35.5. The maximum absolute atomic E-state index is 12.9. The molecule has 8 nitrogen and oxygen atoms in total. The van der Waals surface area contributed by atoms with Crippen molar-refractivity contribution >= 4 is 61.8 Å². The number of hydrogen-bond donors (Lipinski definition) is 2. The van der Waals surface area contributed by atoms with Crippen LogP contribution in [0.25, 0.3) is 10.9 Å². The molecule has 2 heterocycles. The van der Waals surface area contributed by atoms with Gasteiger partial charge in [0, 0.05) is 37.3 Å². The number of rotatable bonds is 7. The summed E-state index contributed by atoms with van der Waals surface area (Å²) in [5.74, 6) is 1.50. The van der Waals surface area contributed by atoms with Gasteiger partial charge in [0.2, 0.25) is 5.95 Å². The molecule has 1 atom stereocenters. The van der Waals surface area contributed by atoms with Crippen LogP contribution in [0.3, 0.4) is 0 Å². The number of thioether (sulfide) groups is 1. The van der Waals surface area contributed by atoms with E-state index in [0.717, 1.165) is 42.4 Å². The number of hydrogen-bond acceptors (Lipinski definition) is 8. The number of sulfone groups is 1. The Morgan fingerprint density at radius 3 is 2.43 bits per heavy atom. The molecule has 1 unspecified atom stereocenters. The zero-order chi connectivity index (χ0) is 25.3. The van der Waals surface area contributed by atoms with Crippen LogP contribution >= 0.6 is 23.4 Å². The molecule has 2 aromatic rings. The summed E-state index contributed by atoms with van der Waals surface area (Å²) >= 11 is 7.60. The van der Waals surface area contributed by atoms with E-state index in [1.165, 1.54) is 11.8 Å². The minimum atomic E-state index is -3.40. The number of nitrogens with zero attached hydrogens (tertiary/aromatic N) is 3. The first kappa shape index (κ1) is 26.0. The lowest BCUT2D eigenvalue weighted by Crippen LogP contribution is -2.40. The molecule has 4 rings (SSSR count). The van der Waals surface area contributed by atoms with Crippen molar-refractivity contribution in [2.45, 2.75) is 62.1 Å². The number of nitrogens with one attached hydrogen (secondary N) is 2. The summed E-state index contributed by atoms with van der Waals surface area (Å²) in [6.07, 6.45) is 3.34.